The predicted octanol–water partition coefficient (Wildman–Crippen LogP) is 5.89. The molecule has 0 saturated heterocycles. The first kappa shape index (κ1) is 16.8. The molecule has 134 valence electrons. The molecule has 5 aromatic rings. The Morgan fingerprint density at radius 2 is 1.21 bits per heavy atom. The summed E-state index contributed by atoms with van der Waals surface area (Å²) in [6, 6.07) is 28.3. The van der Waals surface area contributed by atoms with Gasteiger partial charge < -0.3 is 0 Å². The number of hydrogen-bond acceptors (Lipinski definition) is 3. The van der Waals surface area contributed by atoms with Gasteiger partial charge in [-0.25, -0.2) is 14.5 Å². The lowest BCUT2D eigenvalue weighted by atomic mass is 10.0. The minimum atomic E-state index is 0.580. The summed E-state index contributed by atoms with van der Waals surface area (Å²) in [6.45, 7) is 0. The Labute approximate surface area is 170 Å². The fraction of sp³-hybridized carbons (Fsp3) is 0. The van der Waals surface area contributed by atoms with E-state index in [0.717, 1.165) is 38.2 Å². The molecule has 0 aliphatic rings. The van der Waals surface area contributed by atoms with Gasteiger partial charge in [-0.05, 0) is 12.1 Å². The van der Waals surface area contributed by atoms with Gasteiger partial charge in [-0.15, -0.1) is 0 Å². The topological polar surface area (TPSA) is 43.1 Å². The number of halogens is 1. The second-order valence-corrected chi connectivity index (χ2v) is 7.33. The second kappa shape index (κ2) is 7.02. The van der Waals surface area contributed by atoms with Crippen molar-refractivity contribution in [2.24, 2.45) is 0 Å². The third kappa shape index (κ3) is 3.10. The molecule has 0 atom stereocenters. The van der Waals surface area contributed by atoms with Crippen molar-refractivity contribution in [3.05, 3.63) is 95.6 Å². The maximum atomic E-state index is 4.87. The van der Waals surface area contributed by atoms with Crippen LogP contribution in [0.2, 0.25) is 0 Å². The molecular weight excluding hydrogens is 412 g/mol. The molecule has 0 saturated carbocycles. The Balaban J connectivity index is 1.73. The number of benzene rings is 3. The molecule has 5 heteroatoms. The standard InChI is InChI=1S/C23H15BrN4/c24-19-13-11-16(12-14-19)20-15-28-23(25-20)26-21(17-7-3-1-4-8-17)22(27-28)18-9-5-2-6-10-18/h1-15H. The molecule has 4 nitrogen and oxygen atoms in total. The monoisotopic (exact) mass is 426 g/mol. The molecule has 0 N–H and O–H groups in total. The van der Waals surface area contributed by atoms with Gasteiger partial charge in [0.2, 0.25) is 0 Å². The van der Waals surface area contributed by atoms with Gasteiger partial charge >= 0.3 is 0 Å². The summed E-state index contributed by atoms with van der Waals surface area (Å²) in [5.74, 6) is 0.580. The summed E-state index contributed by atoms with van der Waals surface area (Å²) in [4.78, 5) is 9.57. The third-order valence-corrected chi connectivity index (χ3v) is 5.08. The molecular formula is C23H15BrN4. The Kier molecular flexibility index (Phi) is 4.22. The quantitative estimate of drug-likeness (QED) is 0.361. The lowest BCUT2D eigenvalue weighted by Gasteiger charge is -2.08. The zero-order valence-electron chi connectivity index (χ0n) is 14.8. The minimum Gasteiger partial charge on any atom is -0.209 e. The molecule has 0 aliphatic heterocycles. The van der Waals surface area contributed by atoms with Gasteiger partial charge in [0.1, 0.15) is 11.4 Å². The second-order valence-electron chi connectivity index (χ2n) is 6.42. The van der Waals surface area contributed by atoms with Crippen LogP contribution in [0.25, 0.3) is 39.5 Å². The van der Waals surface area contributed by atoms with Crippen LogP contribution in [0.1, 0.15) is 0 Å². The zero-order chi connectivity index (χ0) is 18.9. The summed E-state index contributed by atoms with van der Waals surface area (Å²) in [6.07, 6.45) is 1.92. The molecule has 0 radical (unpaired) electrons. The van der Waals surface area contributed by atoms with E-state index < -0.39 is 0 Å². The van der Waals surface area contributed by atoms with Gasteiger partial charge in [0.15, 0.2) is 0 Å². The fourth-order valence-electron chi connectivity index (χ4n) is 3.17. The van der Waals surface area contributed by atoms with Crippen LogP contribution in [0.15, 0.2) is 95.6 Å². The highest BCUT2D eigenvalue weighted by atomic mass is 79.9. The van der Waals surface area contributed by atoms with Crippen molar-refractivity contribution >= 4 is 21.7 Å². The zero-order valence-corrected chi connectivity index (χ0v) is 16.4. The molecule has 0 unspecified atom stereocenters. The van der Waals surface area contributed by atoms with Crippen molar-refractivity contribution in [1.82, 2.24) is 19.6 Å². The number of imidazole rings is 1. The van der Waals surface area contributed by atoms with E-state index in [1.807, 2.05) is 79.0 Å². The Morgan fingerprint density at radius 3 is 1.86 bits per heavy atom. The Morgan fingerprint density at radius 1 is 0.607 bits per heavy atom. The Bertz CT molecular complexity index is 1170. The molecule has 2 heterocycles. The SMILES string of the molecule is Brc1ccc(-c2cn3nc(-c4ccccc4)c(-c4ccccc4)nc3n2)cc1. The smallest absolute Gasteiger partial charge is 0.209 e. The van der Waals surface area contributed by atoms with Gasteiger partial charge in [-0.1, -0.05) is 88.7 Å². The summed E-state index contributed by atoms with van der Waals surface area (Å²) in [5.41, 5.74) is 5.57. The third-order valence-electron chi connectivity index (χ3n) is 4.55. The van der Waals surface area contributed by atoms with Gasteiger partial charge in [0.05, 0.1) is 11.9 Å². The molecule has 5 rings (SSSR count). The van der Waals surface area contributed by atoms with E-state index in [1.54, 1.807) is 4.52 Å². The van der Waals surface area contributed by atoms with Crippen molar-refractivity contribution in [3.63, 3.8) is 0 Å². The van der Waals surface area contributed by atoms with Gasteiger partial charge in [-0.2, -0.15) is 5.10 Å². The van der Waals surface area contributed by atoms with Crippen molar-refractivity contribution in [2.45, 2.75) is 0 Å². The summed E-state index contributed by atoms with van der Waals surface area (Å²) in [7, 11) is 0. The van der Waals surface area contributed by atoms with Crippen LogP contribution in [-0.2, 0) is 0 Å². The first-order chi connectivity index (χ1) is 13.8. The minimum absolute atomic E-state index is 0.580. The van der Waals surface area contributed by atoms with Crippen molar-refractivity contribution in [3.8, 4) is 33.8 Å². The average Bonchev–Trinajstić information content (AvgIpc) is 3.18. The predicted molar refractivity (Wildman–Crippen MR) is 115 cm³/mol. The van der Waals surface area contributed by atoms with Crippen LogP contribution in [0.4, 0.5) is 0 Å². The Hall–Kier alpha value is -3.31. The van der Waals surface area contributed by atoms with E-state index in [2.05, 4.69) is 28.1 Å². The van der Waals surface area contributed by atoms with Crippen molar-refractivity contribution in [2.75, 3.05) is 0 Å². The summed E-state index contributed by atoms with van der Waals surface area (Å²) >= 11 is 3.47. The number of nitrogens with zero attached hydrogens (tertiary/aromatic N) is 4. The van der Waals surface area contributed by atoms with Crippen LogP contribution < -0.4 is 0 Å². The van der Waals surface area contributed by atoms with Crippen molar-refractivity contribution in [1.29, 1.82) is 0 Å². The highest BCUT2D eigenvalue weighted by molar-refractivity contribution is 9.10. The first-order valence-corrected chi connectivity index (χ1v) is 9.71. The van der Waals surface area contributed by atoms with E-state index in [0.29, 0.717) is 5.78 Å². The maximum absolute atomic E-state index is 4.87. The summed E-state index contributed by atoms with van der Waals surface area (Å²) in [5, 5.41) is 4.87. The molecule has 0 spiro atoms. The number of hydrogen-bond donors (Lipinski definition) is 0. The largest absolute Gasteiger partial charge is 0.251 e. The van der Waals surface area contributed by atoms with Gasteiger partial charge in [0, 0.05) is 21.2 Å². The van der Waals surface area contributed by atoms with E-state index in [9.17, 15) is 0 Å². The molecule has 0 amide bonds. The van der Waals surface area contributed by atoms with Crippen LogP contribution >= 0.6 is 15.9 Å². The normalized spacial score (nSPS) is 11.0. The van der Waals surface area contributed by atoms with Crippen LogP contribution in [0, 0.1) is 0 Å². The van der Waals surface area contributed by atoms with E-state index in [-0.39, 0.29) is 0 Å². The highest BCUT2D eigenvalue weighted by Crippen LogP contribution is 2.29. The van der Waals surface area contributed by atoms with Gasteiger partial charge in [-0.3, -0.25) is 0 Å². The highest BCUT2D eigenvalue weighted by Gasteiger charge is 2.15. The first-order valence-electron chi connectivity index (χ1n) is 8.92. The maximum Gasteiger partial charge on any atom is 0.251 e. The number of aromatic nitrogens is 4. The lowest BCUT2D eigenvalue weighted by molar-refractivity contribution is 0.912. The molecule has 2 aromatic heterocycles. The van der Waals surface area contributed by atoms with Crippen LogP contribution in [0.3, 0.4) is 0 Å². The lowest BCUT2D eigenvalue weighted by Crippen LogP contribution is -2.00. The van der Waals surface area contributed by atoms with E-state index >= 15 is 0 Å². The fourth-order valence-corrected chi connectivity index (χ4v) is 3.43. The average molecular weight is 427 g/mol. The van der Waals surface area contributed by atoms with Crippen LogP contribution in [-0.4, -0.2) is 19.6 Å². The molecule has 28 heavy (non-hydrogen) atoms. The van der Waals surface area contributed by atoms with Crippen LogP contribution in [0.5, 0.6) is 0 Å². The number of fused-ring (bicyclic) bond motifs is 1. The van der Waals surface area contributed by atoms with E-state index in [4.69, 9.17) is 15.1 Å². The van der Waals surface area contributed by atoms with Gasteiger partial charge in [0.25, 0.3) is 5.78 Å². The molecule has 0 aliphatic carbocycles. The molecule has 0 bridgehead atoms. The number of rotatable bonds is 3. The van der Waals surface area contributed by atoms with E-state index in [1.165, 1.54) is 0 Å². The summed E-state index contributed by atoms with van der Waals surface area (Å²) < 4.78 is 2.79. The van der Waals surface area contributed by atoms with Crippen molar-refractivity contribution < 1.29 is 0 Å². The molecule has 3 aromatic carbocycles. The molecule has 0 fully saturated rings.